The van der Waals surface area contributed by atoms with Gasteiger partial charge in [-0.2, -0.15) is 10.5 Å². The highest BCUT2D eigenvalue weighted by atomic mass is 15.0. The molecule has 0 spiro atoms. The molecule has 0 amide bonds. The Bertz CT molecular complexity index is 8810. The Morgan fingerprint density at radius 2 is 0.401 bits per heavy atom. The van der Waals surface area contributed by atoms with E-state index in [9.17, 15) is 10.5 Å². The molecule has 2 heterocycles. The summed E-state index contributed by atoms with van der Waals surface area (Å²) in [6, 6.07) is 164. The van der Waals surface area contributed by atoms with Gasteiger partial charge in [-0.15, -0.1) is 0 Å². The van der Waals surface area contributed by atoms with Gasteiger partial charge in [-0.1, -0.05) is 438 Å². The quantitative estimate of drug-likeness (QED) is 0.105. The normalized spacial score (nSPS) is 12.1. The monoisotopic (exact) mass is 1740 g/mol. The maximum Gasteiger partial charge on any atom is 0.164 e. The lowest BCUT2D eigenvalue weighted by atomic mass is 9.82. The molecule has 0 radical (unpaired) electrons. The Morgan fingerprint density at radius 3 is 0.759 bits per heavy atom. The fraction of sp³-hybridized carbons (Fsp3) is 0.0233. The van der Waals surface area contributed by atoms with Crippen LogP contribution in [0, 0.1) is 22.7 Å². The minimum Gasteiger partial charge on any atom is -0.208 e. The first-order valence-electron chi connectivity index (χ1n) is 46.4. The molecule has 0 N–H and O–H groups in total. The number of hydrogen-bond donors (Lipinski definition) is 0. The third-order valence-corrected chi connectivity index (χ3v) is 28.0. The van der Waals surface area contributed by atoms with Crippen LogP contribution in [0.1, 0.15) is 36.1 Å². The number of aromatic nitrogens is 6. The average molecular weight is 1740 g/mol. The van der Waals surface area contributed by atoms with Gasteiger partial charge in [0.1, 0.15) is 0 Å². The second-order valence-corrected chi connectivity index (χ2v) is 36.0. The maximum absolute atomic E-state index is 9.74. The molecule has 0 atom stereocenters. The molecular formula is C129H80N8. The lowest BCUT2D eigenvalue weighted by Crippen LogP contribution is -2.15. The number of fused-ring (bicyclic) bond motifs is 11. The van der Waals surface area contributed by atoms with E-state index >= 15 is 0 Å². The number of hydrogen-bond acceptors (Lipinski definition) is 8. The molecule has 8 heteroatoms. The van der Waals surface area contributed by atoms with E-state index in [1.165, 1.54) is 127 Å². The van der Waals surface area contributed by atoms with E-state index in [0.717, 1.165) is 105 Å². The summed E-state index contributed by atoms with van der Waals surface area (Å²) in [6.07, 6.45) is 0. The molecule has 0 aliphatic heterocycles. The van der Waals surface area contributed by atoms with Gasteiger partial charge in [0.15, 0.2) is 34.9 Å². The lowest BCUT2D eigenvalue weighted by molar-refractivity contribution is 0.660. The van der Waals surface area contributed by atoms with Crippen molar-refractivity contribution in [2.75, 3.05) is 0 Å². The van der Waals surface area contributed by atoms with Gasteiger partial charge in [-0.25, -0.2) is 29.9 Å². The van der Waals surface area contributed by atoms with E-state index in [-0.39, 0.29) is 5.41 Å². The average Bonchev–Trinajstić information content (AvgIpc) is 1.58. The van der Waals surface area contributed by atoms with Crippen molar-refractivity contribution < 1.29 is 0 Å². The van der Waals surface area contributed by atoms with Crippen LogP contribution in [0.3, 0.4) is 0 Å². The van der Waals surface area contributed by atoms with Gasteiger partial charge >= 0.3 is 0 Å². The fourth-order valence-electron chi connectivity index (χ4n) is 21.2. The first-order valence-corrected chi connectivity index (χ1v) is 46.4. The molecule has 137 heavy (non-hydrogen) atoms. The van der Waals surface area contributed by atoms with Crippen LogP contribution in [0.15, 0.2) is 449 Å². The number of nitriles is 2. The lowest BCUT2D eigenvalue weighted by Gasteiger charge is -2.21. The van der Waals surface area contributed by atoms with Crippen LogP contribution in [0.25, 0.3) is 256 Å². The van der Waals surface area contributed by atoms with Crippen molar-refractivity contribution >= 4 is 43.1 Å². The first-order chi connectivity index (χ1) is 67.6. The van der Waals surface area contributed by atoms with Crippen LogP contribution in [0.5, 0.6) is 0 Å². The molecule has 26 rings (SSSR count). The molecule has 636 valence electrons. The Morgan fingerprint density at radius 1 is 0.168 bits per heavy atom. The third-order valence-electron chi connectivity index (χ3n) is 28.0. The summed E-state index contributed by atoms with van der Waals surface area (Å²) >= 11 is 0. The highest BCUT2D eigenvalue weighted by molar-refractivity contribution is 6.24. The molecule has 21 aromatic carbocycles. The van der Waals surface area contributed by atoms with Crippen molar-refractivity contribution in [1.29, 1.82) is 10.5 Å². The Balaban J connectivity index is 0.000000147. The molecule has 0 fully saturated rings. The molecule has 0 bridgehead atoms. The van der Waals surface area contributed by atoms with Crippen LogP contribution in [-0.4, -0.2) is 29.9 Å². The number of benzene rings is 21. The Kier molecular flexibility index (Phi) is 19.6. The van der Waals surface area contributed by atoms with E-state index in [1.54, 1.807) is 0 Å². The Hall–Kier alpha value is -18.3. The van der Waals surface area contributed by atoms with Crippen LogP contribution in [0.4, 0.5) is 0 Å². The molecule has 0 saturated carbocycles. The van der Waals surface area contributed by atoms with E-state index in [4.69, 9.17) is 29.9 Å². The summed E-state index contributed by atoms with van der Waals surface area (Å²) < 4.78 is 0. The maximum atomic E-state index is 9.74. The zero-order chi connectivity index (χ0) is 91.4. The van der Waals surface area contributed by atoms with Gasteiger partial charge in [-0.05, 0) is 218 Å². The molecule has 3 aliphatic carbocycles. The SMILES string of the molecule is CC1(C)c2ccccc2-c2ccc(-c3nc(-c4ccccc4)nc(-c4ccc(-c5ccc6c7c(ccc(-c8ccc(-c9ccc(-c%10ccc(C#N)c%11ccccc%10%11)cc9)cc8)c57)-c5ccccc5-6)cc4)n3)cc21.N#Cc1ccc(-c2ccc(-c3ccc(-c4ccc5c6c(ccc(-c7ccc(-c8nc(-c9ccccc9)nc(-c9ccccc9)n8)cc7)c46)-c4ccccc4-5)cc3)c3ccccc23)cc1. The molecule has 8 nitrogen and oxygen atoms in total. The standard InChI is InChI=1S/C69H44N4.C60H36N4/c1-69(2)62-19-11-10-18-58(62)59-35-32-49(40-63(59)69)68-72-66(47-12-4-3-5-13-47)71-67(73-68)48-30-28-46(29-31-48)54-37-39-61-57-17-9-8-16-56(57)60-38-36-53(64(54)65(60)61)45-26-22-43(23-27-45)42-20-24-44(25-21-42)52-34-33-50(41-70)51-14-6-7-15-55(51)52;61-37-38-19-21-39(22-20-38)46-31-32-47(51-16-8-7-15-50(46)51)40-23-25-41(26-24-40)48-33-35-54-52-17-9-10-18-53(52)55-36-34-49(56(48)57(54)55)42-27-29-45(30-28-42)60-63-58(43-11-3-1-4-12-43)62-59(64-60)44-13-5-2-6-14-44/h3-40H,1-2H3;1-36H. The van der Waals surface area contributed by atoms with Crippen LogP contribution in [-0.2, 0) is 5.41 Å². The molecule has 3 aliphatic rings. The summed E-state index contributed by atoms with van der Waals surface area (Å²) in [7, 11) is 0. The van der Waals surface area contributed by atoms with Gasteiger partial charge in [0.25, 0.3) is 0 Å². The second-order valence-electron chi connectivity index (χ2n) is 36.0. The van der Waals surface area contributed by atoms with E-state index in [1.807, 2.05) is 127 Å². The summed E-state index contributed by atoms with van der Waals surface area (Å²) in [5.74, 6) is 3.84. The smallest absolute Gasteiger partial charge is 0.164 e. The van der Waals surface area contributed by atoms with Crippen molar-refractivity contribution in [1.82, 2.24) is 29.9 Å². The van der Waals surface area contributed by atoms with Gasteiger partial charge < -0.3 is 0 Å². The number of rotatable bonds is 14. The third kappa shape index (κ3) is 14.0. The zero-order valence-corrected chi connectivity index (χ0v) is 74.8. The van der Waals surface area contributed by atoms with Crippen LogP contribution in [0.2, 0.25) is 0 Å². The van der Waals surface area contributed by atoms with E-state index in [0.29, 0.717) is 46.1 Å². The highest BCUT2D eigenvalue weighted by Crippen LogP contribution is 2.56. The van der Waals surface area contributed by atoms with E-state index < -0.39 is 0 Å². The van der Waals surface area contributed by atoms with E-state index in [2.05, 4.69) is 348 Å². The molecule has 23 aromatic rings. The summed E-state index contributed by atoms with van der Waals surface area (Å²) in [5.41, 5.74) is 40.6. The highest BCUT2D eigenvalue weighted by Gasteiger charge is 2.36. The van der Waals surface area contributed by atoms with Crippen molar-refractivity contribution in [3.8, 4) is 225 Å². The number of nitrogens with zero attached hydrogens (tertiary/aromatic N) is 8. The van der Waals surface area contributed by atoms with Crippen molar-refractivity contribution in [3.63, 3.8) is 0 Å². The Labute approximate surface area is 793 Å². The van der Waals surface area contributed by atoms with Gasteiger partial charge in [0, 0.05) is 44.2 Å². The van der Waals surface area contributed by atoms with Crippen molar-refractivity contribution in [3.05, 3.63) is 471 Å². The molecular weight excluding hydrogens is 1660 g/mol. The predicted molar refractivity (Wildman–Crippen MR) is 562 cm³/mol. The zero-order valence-electron chi connectivity index (χ0n) is 74.8. The summed E-state index contributed by atoms with van der Waals surface area (Å²) in [6.45, 7) is 4.61. The largest absolute Gasteiger partial charge is 0.208 e. The topological polar surface area (TPSA) is 125 Å². The van der Waals surface area contributed by atoms with Crippen LogP contribution >= 0.6 is 0 Å². The van der Waals surface area contributed by atoms with Gasteiger partial charge in [0.2, 0.25) is 0 Å². The second kappa shape index (κ2) is 33.2. The minimum atomic E-state index is -0.149. The fourth-order valence-corrected chi connectivity index (χ4v) is 21.2. The van der Waals surface area contributed by atoms with Crippen molar-refractivity contribution in [2.45, 2.75) is 19.3 Å². The predicted octanol–water partition coefficient (Wildman–Crippen LogP) is 33.0. The first kappa shape index (κ1) is 80.7. The van der Waals surface area contributed by atoms with Crippen LogP contribution < -0.4 is 0 Å². The van der Waals surface area contributed by atoms with Gasteiger partial charge in [0.05, 0.1) is 23.3 Å². The van der Waals surface area contributed by atoms with Crippen molar-refractivity contribution in [2.24, 2.45) is 0 Å². The molecule has 0 unspecified atom stereocenters. The minimum absolute atomic E-state index is 0.149. The molecule has 0 saturated heterocycles. The summed E-state index contributed by atoms with van der Waals surface area (Å²) in [5, 5.41) is 28.6. The molecule has 2 aromatic heterocycles. The summed E-state index contributed by atoms with van der Waals surface area (Å²) in [4.78, 5) is 30.4. The van der Waals surface area contributed by atoms with Gasteiger partial charge in [-0.3, -0.25) is 0 Å².